The molecule has 7 heteroatoms. The van der Waals surface area contributed by atoms with E-state index in [1.165, 1.54) is 11.5 Å². The van der Waals surface area contributed by atoms with Crippen LogP contribution in [-0.4, -0.2) is 51.1 Å². The highest BCUT2D eigenvalue weighted by atomic mass is 32.1. The summed E-state index contributed by atoms with van der Waals surface area (Å²) in [6, 6.07) is 0.592. The molecule has 1 amide bonds. The molecule has 2 fully saturated rings. The molecule has 3 heterocycles. The summed E-state index contributed by atoms with van der Waals surface area (Å²) in [5, 5.41) is 0.955. The van der Waals surface area contributed by atoms with Crippen molar-refractivity contribution in [3.8, 4) is 0 Å². The summed E-state index contributed by atoms with van der Waals surface area (Å²) in [7, 11) is 0. The molecular weight excluding hydrogens is 264 g/mol. The number of fused-ring (bicyclic) bond motifs is 2. The summed E-state index contributed by atoms with van der Waals surface area (Å²) < 4.78 is 9.48. The molecule has 0 unspecified atom stereocenters. The molecule has 2 bridgehead atoms. The molecule has 2 aliphatic rings. The minimum Gasteiger partial charge on any atom is -0.444 e. The van der Waals surface area contributed by atoms with E-state index < -0.39 is 5.60 Å². The summed E-state index contributed by atoms with van der Waals surface area (Å²) in [4.78, 5) is 20.5. The van der Waals surface area contributed by atoms with E-state index in [0.29, 0.717) is 6.04 Å². The number of hydrogen-bond donors (Lipinski definition) is 0. The van der Waals surface area contributed by atoms with Gasteiger partial charge in [0.1, 0.15) is 11.9 Å². The largest absolute Gasteiger partial charge is 0.444 e. The van der Waals surface area contributed by atoms with Crippen LogP contribution < -0.4 is 4.90 Å². The number of amides is 1. The van der Waals surface area contributed by atoms with Crippen LogP contribution in [0.4, 0.5) is 9.93 Å². The lowest BCUT2D eigenvalue weighted by Crippen LogP contribution is -2.50. The third-order valence-electron chi connectivity index (χ3n) is 3.46. The highest BCUT2D eigenvalue weighted by molar-refractivity contribution is 7.09. The van der Waals surface area contributed by atoms with Gasteiger partial charge in [-0.2, -0.15) is 4.37 Å². The first-order valence-electron chi connectivity index (χ1n) is 6.47. The molecule has 0 aromatic carbocycles. The van der Waals surface area contributed by atoms with Crippen LogP contribution in [0.2, 0.25) is 0 Å². The van der Waals surface area contributed by atoms with Crippen molar-refractivity contribution in [2.75, 3.05) is 18.0 Å². The lowest BCUT2D eigenvalue weighted by atomic mass is 10.2. The van der Waals surface area contributed by atoms with Gasteiger partial charge in [0.05, 0.1) is 12.1 Å². The second-order valence-corrected chi connectivity index (χ2v) is 6.81. The fraction of sp³-hybridized carbons (Fsp3) is 0.750. The Bertz CT molecular complexity index is 471. The minimum atomic E-state index is -0.433. The number of anilines is 1. The Hall–Kier alpha value is -1.37. The number of nitrogens with zero attached hydrogens (tertiary/aromatic N) is 4. The fourth-order valence-electron chi connectivity index (χ4n) is 2.74. The molecule has 2 saturated heterocycles. The average Bonchev–Trinajstić information content (AvgIpc) is 3.02. The lowest BCUT2D eigenvalue weighted by Gasteiger charge is -2.34. The molecule has 1 aromatic heterocycles. The maximum Gasteiger partial charge on any atom is 0.410 e. The molecule has 0 N–H and O–H groups in total. The van der Waals surface area contributed by atoms with Gasteiger partial charge in [0, 0.05) is 24.6 Å². The van der Waals surface area contributed by atoms with Gasteiger partial charge in [0.25, 0.3) is 0 Å². The van der Waals surface area contributed by atoms with Gasteiger partial charge in [-0.3, -0.25) is 0 Å². The van der Waals surface area contributed by atoms with Gasteiger partial charge in [0.15, 0.2) is 0 Å². The van der Waals surface area contributed by atoms with Crippen molar-refractivity contribution < 1.29 is 9.53 Å². The van der Waals surface area contributed by atoms with E-state index >= 15 is 0 Å². The SMILES string of the molecule is CC(C)(C)OC(=O)N1C[C@@H]2C[C@H]1CN2c1ncns1. The monoisotopic (exact) mass is 282 g/mol. The third-order valence-corrected chi connectivity index (χ3v) is 4.17. The number of aromatic nitrogens is 2. The molecule has 0 saturated carbocycles. The zero-order valence-corrected chi connectivity index (χ0v) is 12.2. The van der Waals surface area contributed by atoms with Crippen LogP contribution in [0.5, 0.6) is 0 Å². The molecule has 2 aliphatic heterocycles. The maximum atomic E-state index is 12.1. The van der Waals surface area contributed by atoms with Crippen molar-refractivity contribution in [1.29, 1.82) is 0 Å². The summed E-state index contributed by atoms with van der Waals surface area (Å²) in [5.74, 6) is 0. The zero-order chi connectivity index (χ0) is 13.6. The van der Waals surface area contributed by atoms with Crippen molar-refractivity contribution in [2.24, 2.45) is 0 Å². The molecule has 2 atom stereocenters. The topological polar surface area (TPSA) is 58.6 Å². The van der Waals surface area contributed by atoms with Crippen LogP contribution >= 0.6 is 11.5 Å². The van der Waals surface area contributed by atoms with Crippen LogP contribution in [0.3, 0.4) is 0 Å². The predicted molar refractivity (Wildman–Crippen MR) is 72.4 cm³/mol. The van der Waals surface area contributed by atoms with Crippen LogP contribution in [0.1, 0.15) is 27.2 Å². The molecular formula is C12H18N4O2S. The molecule has 0 radical (unpaired) electrons. The number of rotatable bonds is 1. The first kappa shape index (κ1) is 12.7. The van der Waals surface area contributed by atoms with Gasteiger partial charge in [-0.05, 0) is 27.2 Å². The van der Waals surface area contributed by atoms with Crippen molar-refractivity contribution in [3.63, 3.8) is 0 Å². The van der Waals surface area contributed by atoms with Crippen LogP contribution in [0, 0.1) is 0 Å². The molecule has 6 nitrogen and oxygen atoms in total. The Morgan fingerprint density at radius 3 is 2.74 bits per heavy atom. The summed E-state index contributed by atoms with van der Waals surface area (Å²) in [5.41, 5.74) is -0.433. The molecule has 19 heavy (non-hydrogen) atoms. The standard InChI is InChI=1S/C12H18N4O2S/c1-12(2,3)18-11(17)16-6-8-4-9(16)5-15(8)10-13-7-14-19-10/h7-9H,4-6H2,1-3H3/t8-,9-/m0/s1. The Morgan fingerprint density at radius 1 is 1.42 bits per heavy atom. The van der Waals surface area contributed by atoms with Crippen LogP contribution in [0.25, 0.3) is 0 Å². The normalized spacial score (nSPS) is 26.1. The van der Waals surface area contributed by atoms with E-state index in [1.54, 1.807) is 6.33 Å². The lowest BCUT2D eigenvalue weighted by molar-refractivity contribution is 0.0215. The Labute approximate surface area is 116 Å². The zero-order valence-electron chi connectivity index (χ0n) is 11.4. The van der Waals surface area contributed by atoms with E-state index in [1.807, 2.05) is 25.7 Å². The highest BCUT2D eigenvalue weighted by Gasteiger charge is 2.47. The smallest absolute Gasteiger partial charge is 0.410 e. The van der Waals surface area contributed by atoms with Gasteiger partial charge < -0.3 is 14.5 Å². The van der Waals surface area contributed by atoms with Crippen LogP contribution in [-0.2, 0) is 4.74 Å². The van der Waals surface area contributed by atoms with Crippen molar-refractivity contribution in [3.05, 3.63) is 6.33 Å². The van der Waals surface area contributed by atoms with Gasteiger partial charge in [0.2, 0.25) is 5.13 Å². The molecule has 0 spiro atoms. The quantitative estimate of drug-likeness (QED) is 0.785. The van der Waals surface area contributed by atoms with E-state index in [4.69, 9.17) is 4.74 Å². The molecule has 104 valence electrons. The van der Waals surface area contributed by atoms with Crippen molar-refractivity contribution in [2.45, 2.75) is 44.9 Å². The first-order valence-corrected chi connectivity index (χ1v) is 7.24. The Morgan fingerprint density at radius 2 is 2.21 bits per heavy atom. The number of ether oxygens (including phenoxy) is 1. The van der Waals surface area contributed by atoms with E-state index in [-0.39, 0.29) is 12.1 Å². The van der Waals surface area contributed by atoms with E-state index in [2.05, 4.69) is 14.3 Å². The number of piperazine rings is 1. The van der Waals surface area contributed by atoms with E-state index in [9.17, 15) is 4.79 Å². The van der Waals surface area contributed by atoms with Gasteiger partial charge in [-0.1, -0.05) is 0 Å². The van der Waals surface area contributed by atoms with E-state index in [0.717, 1.165) is 24.6 Å². The Balaban J connectivity index is 1.65. The number of carbonyl (C=O) groups is 1. The van der Waals surface area contributed by atoms with Gasteiger partial charge >= 0.3 is 6.09 Å². The summed E-state index contributed by atoms with van der Waals surface area (Å²) in [6.07, 6.45) is 2.38. The molecule has 0 aliphatic carbocycles. The van der Waals surface area contributed by atoms with Gasteiger partial charge in [-0.25, -0.2) is 9.78 Å². The fourth-order valence-corrected chi connectivity index (χ4v) is 3.35. The number of carbonyl (C=O) groups excluding carboxylic acids is 1. The second-order valence-electron chi connectivity index (χ2n) is 6.05. The first-order chi connectivity index (χ1) is 8.94. The third kappa shape index (κ3) is 2.39. The maximum absolute atomic E-state index is 12.1. The summed E-state index contributed by atoms with van der Waals surface area (Å²) >= 11 is 1.41. The average molecular weight is 282 g/mol. The second kappa shape index (κ2) is 4.33. The number of likely N-dealkylation sites (tertiary alicyclic amines) is 1. The van der Waals surface area contributed by atoms with Crippen LogP contribution in [0.15, 0.2) is 6.33 Å². The van der Waals surface area contributed by atoms with Gasteiger partial charge in [-0.15, -0.1) is 0 Å². The predicted octanol–water partition coefficient (Wildman–Crippen LogP) is 1.74. The summed E-state index contributed by atoms with van der Waals surface area (Å²) in [6.45, 7) is 7.24. The van der Waals surface area contributed by atoms with Crippen molar-refractivity contribution >= 4 is 22.8 Å². The minimum absolute atomic E-state index is 0.197. The molecule has 1 aromatic rings. The highest BCUT2D eigenvalue weighted by Crippen LogP contribution is 2.35. The Kier molecular flexibility index (Phi) is 2.88. The number of hydrogen-bond acceptors (Lipinski definition) is 6. The molecule has 3 rings (SSSR count). The van der Waals surface area contributed by atoms with Crippen molar-refractivity contribution in [1.82, 2.24) is 14.3 Å².